The van der Waals surface area contributed by atoms with Crippen LogP contribution < -0.4 is 5.32 Å². The van der Waals surface area contributed by atoms with Crippen LogP contribution in [0.1, 0.15) is 34.9 Å². The van der Waals surface area contributed by atoms with Gasteiger partial charge in [-0.05, 0) is 43.9 Å². The highest BCUT2D eigenvalue weighted by molar-refractivity contribution is 5.82. The van der Waals surface area contributed by atoms with Gasteiger partial charge in [0.1, 0.15) is 0 Å². The molecule has 2 atom stereocenters. The van der Waals surface area contributed by atoms with Crippen LogP contribution in [0.15, 0.2) is 60.7 Å². The van der Waals surface area contributed by atoms with Gasteiger partial charge < -0.3 is 5.32 Å². The van der Waals surface area contributed by atoms with Gasteiger partial charge in [0.2, 0.25) is 5.91 Å². The Morgan fingerprint density at radius 2 is 1.73 bits per heavy atom. The van der Waals surface area contributed by atoms with Crippen molar-refractivity contribution < 1.29 is 4.79 Å². The highest BCUT2D eigenvalue weighted by atomic mass is 16.2. The zero-order valence-electron chi connectivity index (χ0n) is 15.1. The van der Waals surface area contributed by atoms with E-state index in [0.717, 1.165) is 29.1 Å². The zero-order chi connectivity index (χ0) is 18.1. The summed E-state index contributed by atoms with van der Waals surface area (Å²) in [7, 11) is 0. The highest BCUT2D eigenvalue weighted by Gasteiger charge is 2.43. The van der Waals surface area contributed by atoms with Crippen molar-refractivity contribution in [2.75, 3.05) is 0 Å². The third-order valence-corrected chi connectivity index (χ3v) is 5.24. The first-order valence-corrected chi connectivity index (χ1v) is 9.08. The summed E-state index contributed by atoms with van der Waals surface area (Å²) in [5, 5.41) is 7.76. The molecule has 1 N–H and O–H groups in total. The van der Waals surface area contributed by atoms with Gasteiger partial charge in [-0.3, -0.25) is 4.79 Å². The van der Waals surface area contributed by atoms with Gasteiger partial charge >= 0.3 is 0 Å². The van der Waals surface area contributed by atoms with Crippen LogP contribution in [0, 0.1) is 19.8 Å². The summed E-state index contributed by atoms with van der Waals surface area (Å²) in [5.74, 6) is 0.609. The minimum Gasteiger partial charge on any atom is -0.352 e. The summed E-state index contributed by atoms with van der Waals surface area (Å²) in [6, 6.07) is 20.4. The Labute approximate surface area is 153 Å². The van der Waals surface area contributed by atoms with Crippen molar-refractivity contribution in [3.63, 3.8) is 0 Å². The molecule has 0 saturated heterocycles. The summed E-state index contributed by atoms with van der Waals surface area (Å²) in [5.41, 5.74) is 5.43. The molecule has 1 aliphatic carbocycles. The number of para-hydroxylation sites is 1. The van der Waals surface area contributed by atoms with Crippen LogP contribution in [0.25, 0.3) is 5.69 Å². The Kier molecular flexibility index (Phi) is 4.33. The van der Waals surface area contributed by atoms with Crippen molar-refractivity contribution >= 4 is 5.91 Å². The van der Waals surface area contributed by atoms with E-state index in [1.807, 2.05) is 60.1 Å². The molecule has 0 unspecified atom stereocenters. The van der Waals surface area contributed by atoms with Crippen LogP contribution >= 0.6 is 0 Å². The van der Waals surface area contributed by atoms with Gasteiger partial charge in [-0.25, -0.2) is 4.68 Å². The molecule has 4 nitrogen and oxygen atoms in total. The van der Waals surface area contributed by atoms with Crippen LogP contribution in [-0.2, 0) is 11.3 Å². The molecule has 1 fully saturated rings. The minimum absolute atomic E-state index is 0.0992. The van der Waals surface area contributed by atoms with E-state index in [1.165, 1.54) is 5.56 Å². The van der Waals surface area contributed by atoms with E-state index in [9.17, 15) is 4.79 Å². The molecular weight excluding hydrogens is 322 g/mol. The Morgan fingerprint density at radius 3 is 2.42 bits per heavy atom. The highest BCUT2D eigenvalue weighted by Crippen LogP contribution is 2.47. The average Bonchev–Trinajstić information content (AvgIpc) is 3.43. The van der Waals surface area contributed by atoms with Crippen LogP contribution in [0.5, 0.6) is 0 Å². The maximum atomic E-state index is 12.5. The van der Waals surface area contributed by atoms with Crippen molar-refractivity contribution in [3.05, 3.63) is 83.2 Å². The number of aryl methyl sites for hydroxylation is 1. The van der Waals surface area contributed by atoms with Gasteiger partial charge in [0.15, 0.2) is 0 Å². The second-order valence-electron chi connectivity index (χ2n) is 6.97. The van der Waals surface area contributed by atoms with Gasteiger partial charge in [0.25, 0.3) is 0 Å². The molecular formula is C22H23N3O. The standard InChI is InChI=1S/C22H23N3O/c1-15-21(16(2)25(24-15)18-11-7-4-8-12-18)14-23-22(26)20-13-19(20)17-9-5-3-6-10-17/h3-12,19-20H,13-14H2,1-2H3,(H,23,26)/t19-,20+/m1/s1. The average molecular weight is 345 g/mol. The molecule has 0 spiro atoms. The van der Waals surface area contributed by atoms with Crippen molar-refractivity contribution in [1.82, 2.24) is 15.1 Å². The molecule has 132 valence electrons. The van der Waals surface area contributed by atoms with Gasteiger partial charge in [-0.2, -0.15) is 5.10 Å². The van der Waals surface area contributed by atoms with Crippen molar-refractivity contribution in [2.45, 2.75) is 32.7 Å². The van der Waals surface area contributed by atoms with Crippen molar-refractivity contribution in [1.29, 1.82) is 0 Å². The lowest BCUT2D eigenvalue weighted by atomic mass is 10.1. The molecule has 1 aliphatic rings. The van der Waals surface area contributed by atoms with Crippen molar-refractivity contribution in [2.24, 2.45) is 5.92 Å². The number of amides is 1. The predicted octanol–water partition coefficient (Wildman–Crippen LogP) is 3.91. The van der Waals surface area contributed by atoms with Gasteiger partial charge in [-0.1, -0.05) is 48.5 Å². The van der Waals surface area contributed by atoms with E-state index in [0.29, 0.717) is 12.5 Å². The second kappa shape index (κ2) is 6.79. The summed E-state index contributed by atoms with van der Waals surface area (Å²) < 4.78 is 1.95. The molecule has 26 heavy (non-hydrogen) atoms. The van der Waals surface area contributed by atoms with Crippen LogP contribution in [0.3, 0.4) is 0 Å². The van der Waals surface area contributed by atoms with E-state index < -0.39 is 0 Å². The van der Waals surface area contributed by atoms with E-state index >= 15 is 0 Å². The minimum atomic E-state index is 0.0992. The van der Waals surface area contributed by atoms with Crippen LogP contribution in [-0.4, -0.2) is 15.7 Å². The zero-order valence-corrected chi connectivity index (χ0v) is 15.1. The number of aromatic nitrogens is 2. The van der Waals surface area contributed by atoms with Crippen LogP contribution in [0.4, 0.5) is 0 Å². The second-order valence-corrected chi connectivity index (χ2v) is 6.97. The quantitative estimate of drug-likeness (QED) is 0.762. The molecule has 0 aliphatic heterocycles. The molecule has 1 heterocycles. The maximum absolute atomic E-state index is 12.5. The van der Waals surface area contributed by atoms with E-state index in [4.69, 9.17) is 0 Å². The Bertz CT molecular complexity index is 915. The smallest absolute Gasteiger partial charge is 0.224 e. The first-order valence-electron chi connectivity index (χ1n) is 9.08. The molecule has 1 amide bonds. The van der Waals surface area contributed by atoms with Crippen LogP contribution in [0.2, 0.25) is 0 Å². The summed E-state index contributed by atoms with van der Waals surface area (Å²) in [4.78, 5) is 12.5. The molecule has 2 aromatic carbocycles. The molecule has 3 aromatic rings. The molecule has 0 radical (unpaired) electrons. The fourth-order valence-corrected chi connectivity index (χ4v) is 3.61. The SMILES string of the molecule is Cc1nn(-c2ccccc2)c(C)c1CNC(=O)[C@H]1C[C@@H]1c1ccccc1. The summed E-state index contributed by atoms with van der Waals surface area (Å²) >= 11 is 0. The number of nitrogens with one attached hydrogen (secondary N) is 1. The lowest BCUT2D eigenvalue weighted by Gasteiger charge is -2.07. The number of hydrogen-bond donors (Lipinski definition) is 1. The third-order valence-electron chi connectivity index (χ3n) is 5.24. The maximum Gasteiger partial charge on any atom is 0.224 e. The number of benzene rings is 2. The Balaban J connectivity index is 1.43. The number of carbonyl (C=O) groups excluding carboxylic acids is 1. The number of nitrogens with zero attached hydrogens (tertiary/aromatic N) is 2. The van der Waals surface area contributed by atoms with E-state index in [1.54, 1.807) is 0 Å². The van der Waals surface area contributed by atoms with Gasteiger partial charge in [0, 0.05) is 23.7 Å². The summed E-state index contributed by atoms with van der Waals surface area (Å²) in [6.45, 7) is 4.58. The number of rotatable bonds is 5. The normalized spacial score (nSPS) is 18.5. The predicted molar refractivity (Wildman–Crippen MR) is 102 cm³/mol. The summed E-state index contributed by atoms with van der Waals surface area (Å²) in [6.07, 6.45) is 0.942. The molecule has 4 heteroatoms. The largest absolute Gasteiger partial charge is 0.352 e. The monoisotopic (exact) mass is 345 g/mol. The number of hydrogen-bond acceptors (Lipinski definition) is 2. The molecule has 4 rings (SSSR count). The topological polar surface area (TPSA) is 46.9 Å². The fraction of sp³-hybridized carbons (Fsp3) is 0.273. The van der Waals surface area contributed by atoms with Gasteiger partial charge in [-0.15, -0.1) is 0 Å². The Hall–Kier alpha value is -2.88. The van der Waals surface area contributed by atoms with Gasteiger partial charge in [0.05, 0.1) is 11.4 Å². The third kappa shape index (κ3) is 3.15. The fourth-order valence-electron chi connectivity index (χ4n) is 3.61. The van der Waals surface area contributed by atoms with E-state index in [-0.39, 0.29) is 11.8 Å². The number of carbonyl (C=O) groups is 1. The molecule has 0 bridgehead atoms. The first kappa shape index (κ1) is 16.6. The van der Waals surface area contributed by atoms with Crippen molar-refractivity contribution in [3.8, 4) is 5.69 Å². The lowest BCUT2D eigenvalue weighted by Crippen LogP contribution is -2.25. The Morgan fingerprint density at radius 1 is 1.08 bits per heavy atom. The van der Waals surface area contributed by atoms with E-state index in [2.05, 4.69) is 29.5 Å². The lowest BCUT2D eigenvalue weighted by molar-refractivity contribution is -0.122. The molecule has 1 aromatic heterocycles. The first-order chi connectivity index (χ1) is 12.6. The molecule has 1 saturated carbocycles.